The van der Waals surface area contributed by atoms with E-state index in [1.54, 1.807) is 11.3 Å². The van der Waals surface area contributed by atoms with Crippen molar-refractivity contribution in [1.82, 2.24) is 15.2 Å². The highest BCUT2D eigenvalue weighted by atomic mass is 32.1. The first-order valence-corrected chi connectivity index (χ1v) is 11.6. The molecule has 2 aliphatic rings. The number of piperidine rings is 1. The number of aliphatic hydroxyl groups excluding tert-OH is 1. The van der Waals surface area contributed by atoms with Gasteiger partial charge in [-0.15, -0.1) is 11.3 Å². The van der Waals surface area contributed by atoms with Gasteiger partial charge in [-0.05, 0) is 61.8 Å². The molecule has 0 bridgehead atoms. The fourth-order valence-electron chi connectivity index (χ4n) is 4.73. The number of nitrogens with one attached hydrogen (secondary N) is 1. The van der Waals surface area contributed by atoms with Crippen LogP contribution in [0.5, 0.6) is 0 Å². The zero-order chi connectivity index (χ0) is 20.7. The summed E-state index contributed by atoms with van der Waals surface area (Å²) in [6.45, 7) is 5.60. The molecule has 0 radical (unpaired) electrons. The normalized spacial score (nSPS) is 22.3. The Morgan fingerprint density at radius 2 is 2.03 bits per heavy atom. The van der Waals surface area contributed by atoms with Gasteiger partial charge >= 0.3 is 0 Å². The summed E-state index contributed by atoms with van der Waals surface area (Å²) >= 11 is 1.72. The number of fused-ring (bicyclic) bond motifs is 2. The zero-order valence-corrected chi connectivity index (χ0v) is 18.0. The highest BCUT2D eigenvalue weighted by Crippen LogP contribution is 2.35. The third kappa shape index (κ3) is 3.64. The van der Waals surface area contributed by atoms with E-state index >= 15 is 0 Å². The largest absolute Gasteiger partial charge is 0.390 e. The molecule has 1 amide bonds. The van der Waals surface area contributed by atoms with Crippen LogP contribution in [0.2, 0.25) is 0 Å². The van der Waals surface area contributed by atoms with E-state index in [0.717, 1.165) is 53.8 Å². The van der Waals surface area contributed by atoms with E-state index in [0.29, 0.717) is 17.9 Å². The predicted molar refractivity (Wildman–Crippen MR) is 120 cm³/mol. The third-order valence-corrected chi connectivity index (χ3v) is 7.72. The number of likely N-dealkylation sites (tertiary alicyclic amines) is 1. The number of hydrogen-bond donors (Lipinski definition) is 2. The van der Waals surface area contributed by atoms with E-state index in [2.05, 4.69) is 17.1 Å². The molecular weight excluding hydrogens is 394 g/mol. The number of rotatable bonds is 4. The maximum Gasteiger partial charge on any atom is 0.251 e. The predicted octanol–water partition coefficient (Wildman–Crippen LogP) is 3.88. The van der Waals surface area contributed by atoms with Gasteiger partial charge in [-0.2, -0.15) is 0 Å². The van der Waals surface area contributed by atoms with Crippen molar-refractivity contribution < 1.29 is 9.90 Å². The van der Waals surface area contributed by atoms with E-state index in [4.69, 9.17) is 4.98 Å². The van der Waals surface area contributed by atoms with Gasteiger partial charge in [0, 0.05) is 17.9 Å². The molecule has 5 rings (SSSR count). The molecule has 1 aliphatic carbocycles. The minimum absolute atomic E-state index is 0.149. The molecule has 1 saturated heterocycles. The number of amides is 1. The van der Waals surface area contributed by atoms with Crippen molar-refractivity contribution in [3.8, 4) is 0 Å². The number of carbonyl (C=O) groups is 1. The molecule has 0 spiro atoms. The van der Waals surface area contributed by atoms with E-state index in [9.17, 15) is 9.90 Å². The van der Waals surface area contributed by atoms with Crippen LogP contribution < -0.4 is 5.32 Å². The fraction of sp³-hybridized carbons (Fsp3) is 0.417. The number of nitrogens with zero attached hydrogens (tertiary/aromatic N) is 2. The molecule has 2 N–H and O–H groups in total. The van der Waals surface area contributed by atoms with Crippen LogP contribution >= 0.6 is 11.3 Å². The summed E-state index contributed by atoms with van der Waals surface area (Å²) in [5, 5.41) is 14.7. The maximum atomic E-state index is 12.9. The van der Waals surface area contributed by atoms with Gasteiger partial charge in [0.05, 0.1) is 27.4 Å². The van der Waals surface area contributed by atoms with Crippen molar-refractivity contribution in [2.75, 3.05) is 19.6 Å². The lowest BCUT2D eigenvalue weighted by Crippen LogP contribution is -2.33. The minimum atomic E-state index is -0.584. The van der Waals surface area contributed by atoms with Crippen molar-refractivity contribution in [2.24, 2.45) is 0 Å². The van der Waals surface area contributed by atoms with Gasteiger partial charge in [0.15, 0.2) is 0 Å². The number of carbonyl (C=O) groups excluding carboxylic acids is 1. The first-order valence-electron chi connectivity index (χ1n) is 10.8. The van der Waals surface area contributed by atoms with E-state index in [1.165, 1.54) is 5.01 Å². The van der Waals surface area contributed by atoms with Gasteiger partial charge < -0.3 is 15.3 Å². The number of hydrogen-bond acceptors (Lipinski definition) is 5. The Bertz CT molecular complexity index is 1070. The Balaban J connectivity index is 1.33. The van der Waals surface area contributed by atoms with Gasteiger partial charge in [-0.1, -0.05) is 31.2 Å². The van der Waals surface area contributed by atoms with E-state index in [1.807, 2.05) is 42.5 Å². The second kappa shape index (κ2) is 8.10. The molecule has 156 valence electrons. The Hall–Kier alpha value is -2.28. The molecule has 30 heavy (non-hydrogen) atoms. The summed E-state index contributed by atoms with van der Waals surface area (Å²) in [5.41, 5.74) is 3.70. The Labute approximate surface area is 180 Å². The van der Waals surface area contributed by atoms with Crippen molar-refractivity contribution in [1.29, 1.82) is 0 Å². The smallest absolute Gasteiger partial charge is 0.251 e. The van der Waals surface area contributed by atoms with Crippen molar-refractivity contribution in [3.63, 3.8) is 0 Å². The summed E-state index contributed by atoms with van der Waals surface area (Å²) in [6, 6.07) is 13.3. The standard InChI is InChI=1S/C24H27N3O2S/c1-2-27-11-9-15(10-12-27)24-25-19-8-7-17(14-21(19)30-24)23(29)26-22-18-6-4-3-5-16(18)13-20(22)28/h3-8,14-15,20,22,28H,2,9-13H2,1H3,(H,26,29)/t20-,22+/m1/s1. The van der Waals surface area contributed by atoms with Crippen molar-refractivity contribution >= 4 is 27.5 Å². The molecule has 2 atom stereocenters. The molecule has 2 heterocycles. The number of thiazole rings is 1. The molecule has 6 heteroatoms. The lowest BCUT2D eigenvalue weighted by molar-refractivity contribution is 0.0858. The van der Waals surface area contributed by atoms with Crippen molar-refractivity contribution in [2.45, 2.75) is 44.2 Å². The number of aromatic nitrogens is 1. The second-order valence-electron chi connectivity index (χ2n) is 8.36. The van der Waals surface area contributed by atoms with Crippen LogP contribution in [0.15, 0.2) is 42.5 Å². The lowest BCUT2D eigenvalue weighted by Gasteiger charge is -2.29. The topological polar surface area (TPSA) is 65.5 Å². The molecule has 1 aromatic heterocycles. The van der Waals surface area contributed by atoms with Crippen LogP contribution in [0, 0.1) is 0 Å². The highest BCUT2D eigenvalue weighted by Gasteiger charge is 2.32. The monoisotopic (exact) mass is 421 g/mol. The molecule has 0 saturated carbocycles. The average molecular weight is 422 g/mol. The summed E-state index contributed by atoms with van der Waals surface area (Å²) in [4.78, 5) is 20.3. The average Bonchev–Trinajstić information content (AvgIpc) is 3.34. The van der Waals surface area contributed by atoms with Gasteiger partial charge in [0.1, 0.15) is 0 Å². The third-order valence-electron chi connectivity index (χ3n) is 6.54. The van der Waals surface area contributed by atoms with Crippen LogP contribution in [0.4, 0.5) is 0 Å². The summed E-state index contributed by atoms with van der Waals surface area (Å²) in [5.74, 6) is 0.372. The Kier molecular flexibility index (Phi) is 5.31. The van der Waals surface area contributed by atoms with Crippen LogP contribution in [0.1, 0.15) is 58.2 Å². The van der Waals surface area contributed by atoms with Crippen LogP contribution in [0.3, 0.4) is 0 Å². The van der Waals surface area contributed by atoms with E-state index < -0.39 is 6.10 Å². The molecule has 3 aromatic rings. The van der Waals surface area contributed by atoms with Crippen LogP contribution in [0.25, 0.3) is 10.2 Å². The molecular formula is C24H27N3O2S. The van der Waals surface area contributed by atoms with Gasteiger partial charge in [0.2, 0.25) is 0 Å². The molecule has 2 aromatic carbocycles. The Morgan fingerprint density at radius 1 is 1.23 bits per heavy atom. The summed E-state index contributed by atoms with van der Waals surface area (Å²) in [6.07, 6.45) is 2.30. The van der Waals surface area contributed by atoms with Gasteiger partial charge in [-0.3, -0.25) is 4.79 Å². The van der Waals surface area contributed by atoms with Gasteiger partial charge in [-0.25, -0.2) is 4.98 Å². The molecule has 1 aliphatic heterocycles. The lowest BCUT2D eigenvalue weighted by atomic mass is 9.98. The fourth-order valence-corrected chi connectivity index (χ4v) is 5.90. The molecule has 1 fully saturated rings. The SMILES string of the molecule is CCN1CCC(c2nc3ccc(C(=O)N[C@H]4c5ccccc5C[C@H]4O)cc3s2)CC1. The highest BCUT2D eigenvalue weighted by molar-refractivity contribution is 7.18. The minimum Gasteiger partial charge on any atom is -0.390 e. The maximum absolute atomic E-state index is 12.9. The summed E-state index contributed by atoms with van der Waals surface area (Å²) in [7, 11) is 0. The number of aliphatic hydroxyl groups is 1. The first kappa shape index (κ1) is 19.7. The molecule has 5 nitrogen and oxygen atoms in total. The summed E-state index contributed by atoms with van der Waals surface area (Å²) < 4.78 is 1.06. The van der Waals surface area contributed by atoms with Crippen LogP contribution in [-0.4, -0.2) is 46.6 Å². The quantitative estimate of drug-likeness (QED) is 0.671. The van der Waals surface area contributed by atoms with Crippen molar-refractivity contribution in [3.05, 3.63) is 64.2 Å². The van der Waals surface area contributed by atoms with Gasteiger partial charge in [0.25, 0.3) is 5.91 Å². The molecule has 0 unspecified atom stereocenters. The van der Waals surface area contributed by atoms with Crippen LogP contribution in [-0.2, 0) is 6.42 Å². The first-order chi connectivity index (χ1) is 14.6. The van der Waals surface area contributed by atoms with E-state index in [-0.39, 0.29) is 11.9 Å². The second-order valence-corrected chi connectivity index (χ2v) is 9.43. The Morgan fingerprint density at radius 3 is 2.83 bits per heavy atom. The zero-order valence-electron chi connectivity index (χ0n) is 17.2. The number of benzene rings is 2.